The van der Waals surface area contributed by atoms with E-state index in [-0.39, 0.29) is 17.7 Å². The molecule has 0 aliphatic rings. The van der Waals surface area contributed by atoms with Crippen LogP contribution in [-0.2, 0) is 9.53 Å². The molecule has 0 heterocycles. The fourth-order valence-corrected chi connectivity index (χ4v) is 1.56. The van der Waals surface area contributed by atoms with Crippen molar-refractivity contribution >= 4 is 11.5 Å². The quantitative estimate of drug-likeness (QED) is 0.847. The Kier molecular flexibility index (Phi) is 5.33. The molecule has 0 aliphatic heterocycles. The number of alkyl halides is 2. The monoisotopic (exact) mass is 288 g/mol. The number of ether oxygens (including phenoxy) is 1. The molecule has 0 saturated carbocycles. The van der Waals surface area contributed by atoms with Gasteiger partial charge < -0.3 is 9.84 Å². The van der Waals surface area contributed by atoms with Gasteiger partial charge >= 0.3 is 11.9 Å². The van der Waals surface area contributed by atoms with Crippen LogP contribution in [0.3, 0.4) is 0 Å². The van der Waals surface area contributed by atoms with Crippen LogP contribution in [0.2, 0.25) is 0 Å². The summed E-state index contributed by atoms with van der Waals surface area (Å²) in [6.45, 7) is 2.51. The van der Waals surface area contributed by atoms with Gasteiger partial charge in [0, 0.05) is 5.56 Å². The highest BCUT2D eigenvalue weighted by Crippen LogP contribution is 2.25. The molecule has 1 aromatic carbocycles. The molecule has 6 heteroatoms. The van der Waals surface area contributed by atoms with E-state index >= 15 is 0 Å². The summed E-state index contributed by atoms with van der Waals surface area (Å²) in [5.74, 6) is -6.50. The number of rotatable bonds is 5. The molecule has 0 spiro atoms. The van der Waals surface area contributed by atoms with Crippen molar-refractivity contribution < 1.29 is 27.8 Å². The predicted molar refractivity (Wildman–Crippen MR) is 67.6 cm³/mol. The zero-order valence-electron chi connectivity index (χ0n) is 11.1. The van der Waals surface area contributed by atoms with Gasteiger partial charge in [0.2, 0.25) is 0 Å². The van der Waals surface area contributed by atoms with E-state index in [4.69, 9.17) is 0 Å². The first kappa shape index (κ1) is 16.2. The largest absolute Gasteiger partial charge is 0.461 e. The molecule has 0 amide bonds. The van der Waals surface area contributed by atoms with E-state index in [9.17, 15) is 23.1 Å². The molecule has 0 unspecified atom stereocenters. The number of allylic oxidation sites excluding steroid dienone is 1. The van der Waals surface area contributed by atoms with Crippen LogP contribution in [0.4, 0.5) is 13.2 Å². The zero-order valence-corrected chi connectivity index (χ0v) is 11.1. The van der Waals surface area contributed by atoms with E-state index in [1.165, 1.54) is 38.1 Å². The first-order chi connectivity index (χ1) is 9.30. The molecule has 0 radical (unpaired) electrons. The normalized spacial score (nSPS) is 14.0. The maximum atomic E-state index is 13.5. The summed E-state index contributed by atoms with van der Waals surface area (Å²) in [6.07, 6.45) is -1.66. The van der Waals surface area contributed by atoms with Crippen LogP contribution in [0.1, 0.15) is 19.4 Å². The van der Waals surface area contributed by atoms with Crippen LogP contribution in [-0.4, -0.2) is 29.7 Å². The predicted octanol–water partition coefficient (Wildman–Crippen LogP) is 2.79. The Morgan fingerprint density at radius 3 is 2.60 bits per heavy atom. The maximum absolute atomic E-state index is 13.5. The Morgan fingerprint density at radius 2 is 2.05 bits per heavy atom. The minimum atomic E-state index is -4.08. The lowest BCUT2D eigenvalue weighted by Gasteiger charge is -2.18. The lowest BCUT2D eigenvalue weighted by Crippen LogP contribution is -2.41. The zero-order chi connectivity index (χ0) is 15.3. The fourth-order valence-electron chi connectivity index (χ4n) is 1.56. The molecule has 1 rings (SSSR count). The molecule has 0 aromatic heterocycles. The Balaban J connectivity index is 2.98. The Bertz CT molecular complexity index is 512. The van der Waals surface area contributed by atoms with Gasteiger partial charge in [-0.05, 0) is 31.6 Å². The summed E-state index contributed by atoms with van der Waals surface area (Å²) in [4.78, 5) is 11.1. The van der Waals surface area contributed by atoms with E-state index in [0.717, 1.165) is 6.08 Å². The summed E-state index contributed by atoms with van der Waals surface area (Å²) in [5, 5.41) is 9.45. The van der Waals surface area contributed by atoms with Gasteiger partial charge in [0.25, 0.3) is 0 Å². The number of hydrogen-bond donors (Lipinski definition) is 1. The highest BCUT2D eigenvalue weighted by Gasteiger charge is 2.47. The van der Waals surface area contributed by atoms with Crippen molar-refractivity contribution in [2.45, 2.75) is 25.9 Å². The first-order valence-corrected chi connectivity index (χ1v) is 5.97. The summed E-state index contributed by atoms with van der Waals surface area (Å²) < 4.78 is 44.7. The molecule has 0 aliphatic carbocycles. The fraction of sp³-hybridized carbons (Fsp3) is 0.357. The second kappa shape index (κ2) is 6.56. The topological polar surface area (TPSA) is 46.5 Å². The van der Waals surface area contributed by atoms with Crippen molar-refractivity contribution in [1.82, 2.24) is 0 Å². The average Bonchev–Trinajstić information content (AvgIpc) is 2.39. The van der Waals surface area contributed by atoms with Crippen LogP contribution in [0, 0.1) is 5.82 Å². The highest BCUT2D eigenvalue weighted by atomic mass is 19.3. The van der Waals surface area contributed by atoms with Gasteiger partial charge in [0.05, 0.1) is 6.61 Å². The van der Waals surface area contributed by atoms with Crippen LogP contribution >= 0.6 is 0 Å². The Labute approximate surface area is 114 Å². The SMILES string of the molecule is CCOC(=O)C(F)(F)[C@@H](O)/C=C(\C)c1ccccc1F. The third kappa shape index (κ3) is 3.60. The molecule has 3 nitrogen and oxygen atoms in total. The lowest BCUT2D eigenvalue weighted by molar-refractivity contribution is -0.183. The standard InChI is InChI=1S/C14H15F3O3/c1-3-20-13(19)14(16,17)12(18)8-9(2)10-6-4-5-7-11(10)15/h4-8,12,18H,3H2,1-2H3/b9-8+/t12-/m0/s1. The van der Waals surface area contributed by atoms with E-state index in [1.807, 2.05) is 0 Å². The Morgan fingerprint density at radius 1 is 1.45 bits per heavy atom. The molecule has 110 valence electrons. The number of aliphatic hydroxyl groups excluding tert-OH is 1. The van der Waals surface area contributed by atoms with Gasteiger partial charge in [-0.3, -0.25) is 0 Å². The maximum Gasteiger partial charge on any atom is 0.380 e. The molecule has 0 bridgehead atoms. The number of hydrogen-bond acceptors (Lipinski definition) is 3. The highest BCUT2D eigenvalue weighted by molar-refractivity contribution is 5.79. The molecule has 1 aromatic rings. The third-order valence-corrected chi connectivity index (χ3v) is 2.63. The van der Waals surface area contributed by atoms with E-state index in [0.29, 0.717) is 0 Å². The second-order valence-electron chi connectivity index (χ2n) is 4.12. The molecular weight excluding hydrogens is 273 g/mol. The van der Waals surface area contributed by atoms with Gasteiger partial charge in [0.1, 0.15) is 11.9 Å². The van der Waals surface area contributed by atoms with E-state index in [2.05, 4.69) is 4.74 Å². The number of carbonyl (C=O) groups excluding carboxylic acids is 1. The van der Waals surface area contributed by atoms with Gasteiger partial charge in [-0.2, -0.15) is 8.78 Å². The summed E-state index contributed by atoms with van der Waals surface area (Å²) >= 11 is 0. The Hall–Kier alpha value is -1.82. The van der Waals surface area contributed by atoms with Crippen molar-refractivity contribution in [3.63, 3.8) is 0 Å². The van der Waals surface area contributed by atoms with Gasteiger partial charge in [-0.25, -0.2) is 9.18 Å². The number of benzene rings is 1. The molecule has 1 atom stereocenters. The number of halogens is 3. The minimum Gasteiger partial charge on any atom is -0.461 e. The van der Waals surface area contributed by atoms with Crippen molar-refractivity contribution in [2.24, 2.45) is 0 Å². The molecule has 0 saturated heterocycles. The van der Waals surface area contributed by atoms with Crippen LogP contribution in [0.15, 0.2) is 30.3 Å². The van der Waals surface area contributed by atoms with E-state index < -0.39 is 23.8 Å². The molecule has 1 N–H and O–H groups in total. The lowest BCUT2D eigenvalue weighted by atomic mass is 10.0. The van der Waals surface area contributed by atoms with E-state index in [1.54, 1.807) is 0 Å². The van der Waals surface area contributed by atoms with Crippen molar-refractivity contribution in [2.75, 3.05) is 6.61 Å². The van der Waals surface area contributed by atoms with Crippen molar-refractivity contribution in [3.8, 4) is 0 Å². The van der Waals surface area contributed by atoms with Crippen molar-refractivity contribution in [1.29, 1.82) is 0 Å². The summed E-state index contributed by atoms with van der Waals surface area (Å²) in [7, 11) is 0. The molecule has 20 heavy (non-hydrogen) atoms. The third-order valence-electron chi connectivity index (χ3n) is 2.63. The number of carbonyl (C=O) groups is 1. The summed E-state index contributed by atoms with van der Waals surface area (Å²) in [5.41, 5.74) is 0.172. The van der Waals surface area contributed by atoms with Crippen LogP contribution < -0.4 is 0 Å². The average molecular weight is 288 g/mol. The molecular formula is C14H15F3O3. The number of esters is 1. The number of aliphatic hydroxyl groups is 1. The van der Waals surface area contributed by atoms with Crippen LogP contribution in [0.5, 0.6) is 0 Å². The van der Waals surface area contributed by atoms with Crippen LogP contribution in [0.25, 0.3) is 5.57 Å². The first-order valence-electron chi connectivity index (χ1n) is 5.97. The van der Waals surface area contributed by atoms with Gasteiger partial charge in [-0.1, -0.05) is 18.2 Å². The van der Waals surface area contributed by atoms with Gasteiger partial charge in [-0.15, -0.1) is 0 Å². The smallest absolute Gasteiger partial charge is 0.380 e. The van der Waals surface area contributed by atoms with Crippen molar-refractivity contribution in [3.05, 3.63) is 41.7 Å². The van der Waals surface area contributed by atoms with Gasteiger partial charge in [0.15, 0.2) is 0 Å². The minimum absolute atomic E-state index is 0.0752. The summed E-state index contributed by atoms with van der Waals surface area (Å²) in [6, 6.07) is 5.54. The second-order valence-corrected chi connectivity index (χ2v) is 4.12. The molecule has 0 fully saturated rings.